The molecule has 0 aliphatic heterocycles. The summed E-state index contributed by atoms with van der Waals surface area (Å²) < 4.78 is 15.0. The SMILES string of the molecule is Cc1nc2cnccc2n1CCCCNC(=O)CC(=O)c1ccc(F)cc1. The van der Waals surface area contributed by atoms with Gasteiger partial charge in [-0.3, -0.25) is 14.6 Å². The van der Waals surface area contributed by atoms with Crippen molar-refractivity contribution in [3.8, 4) is 0 Å². The topological polar surface area (TPSA) is 76.9 Å². The second-order valence-electron chi connectivity index (χ2n) is 6.34. The lowest BCUT2D eigenvalue weighted by atomic mass is 10.1. The molecule has 6 nitrogen and oxygen atoms in total. The summed E-state index contributed by atoms with van der Waals surface area (Å²) in [5, 5.41) is 2.76. The zero-order valence-corrected chi connectivity index (χ0v) is 15.1. The minimum atomic E-state index is -0.409. The number of halogens is 1. The molecule has 0 bridgehead atoms. The molecule has 0 unspecified atom stereocenters. The minimum absolute atomic E-state index is 0.232. The van der Waals surface area contributed by atoms with Crippen LogP contribution in [0.4, 0.5) is 4.39 Å². The van der Waals surface area contributed by atoms with E-state index in [1.54, 1.807) is 12.4 Å². The highest BCUT2D eigenvalue weighted by atomic mass is 19.1. The Bertz CT molecular complexity index is 950. The number of Topliss-reactive ketones (excluding diaryl/α,β-unsaturated/α-hetero) is 1. The van der Waals surface area contributed by atoms with Gasteiger partial charge < -0.3 is 9.88 Å². The maximum atomic E-state index is 12.9. The summed E-state index contributed by atoms with van der Waals surface area (Å²) in [5.74, 6) is -0.110. The first kappa shape index (κ1) is 18.7. The third kappa shape index (κ3) is 4.75. The number of rotatable bonds is 8. The van der Waals surface area contributed by atoms with Crippen LogP contribution in [0.3, 0.4) is 0 Å². The normalized spacial score (nSPS) is 10.9. The van der Waals surface area contributed by atoms with Gasteiger partial charge in [-0.1, -0.05) is 0 Å². The second kappa shape index (κ2) is 8.53. The number of fused-ring (bicyclic) bond motifs is 1. The van der Waals surface area contributed by atoms with Gasteiger partial charge in [0.25, 0.3) is 0 Å². The molecule has 0 spiro atoms. The molecule has 0 radical (unpaired) electrons. The van der Waals surface area contributed by atoms with Crippen molar-refractivity contribution in [2.45, 2.75) is 32.7 Å². The number of hydrogen-bond donors (Lipinski definition) is 1. The number of pyridine rings is 1. The van der Waals surface area contributed by atoms with Gasteiger partial charge in [0.1, 0.15) is 17.2 Å². The molecule has 2 heterocycles. The molecule has 1 aromatic carbocycles. The molecule has 0 atom stereocenters. The van der Waals surface area contributed by atoms with Crippen molar-refractivity contribution in [2.24, 2.45) is 0 Å². The van der Waals surface area contributed by atoms with E-state index in [2.05, 4.69) is 19.9 Å². The fraction of sp³-hybridized carbons (Fsp3) is 0.300. The molecule has 1 N–H and O–H groups in total. The van der Waals surface area contributed by atoms with Gasteiger partial charge in [-0.25, -0.2) is 9.37 Å². The van der Waals surface area contributed by atoms with E-state index in [-0.39, 0.29) is 18.1 Å². The van der Waals surface area contributed by atoms with E-state index >= 15 is 0 Å². The van der Waals surface area contributed by atoms with E-state index in [4.69, 9.17) is 0 Å². The van der Waals surface area contributed by atoms with Crippen LogP contribution in [0, 0.1) is 12.7 Å². The summed E-state index contributed by atoms with van der Waals surface area (Å²) in [5.41, 5.74) is 2.27. The zero-order valence-electron chi connectivity index (χ0n) is 15.1. The largest absolute Gasteiger partial charge is 0.356 e. The third-order valence-electron chi connectivity index (χ3n) is 4.36. The maximum absolute atomic E-state index is 12.9. The van der Waals surface area contributed by atoms with Gasteiger partial charge in [0, 0.05) is 24.8 Å². The van der Waals surface area contributed by atoms with Crippen molar-refractivity contribution in [3.63, 3.8) is 0 Å². The third-order valence-corrected chi connectivity index (χ3v) is 4.36. The fourth-order valence-electron chi connectivity index (χ4n) is 2.95. The molecular formula is C20H21FN4O2. The minimum Gasteiger partial charge on any atom is -0.356 e. The molecule has 0 saturated heterocycles. The Morgan fingerprint density at radius 2 is 1.93 bits per heavy atom. The van der Waals surface area contributed by atoms with Crippen LogP contribution in [0.2, 0.25) is 0 Å². The number of nitrogens with zero attached hydrogens (tertiary/aromatic N) is 3. The molecule has 27 heavy (non-hydrogen) atoms. The lowest BCUT2D eigenvalue weighted by molar-refractivity contribution is -0.120. The zero-order chi connectivity index (χ0) is 19.2. The van der Waals surface area contributed by atoms with Crippen LogP contribution >= 0.6 is 0 Å². The summed E-state index contributed by atoms with van der Waals surface area (Å²) in [6, 6.07) is 7.14. The lowest BCUT2D eigenvalue weighted by Gasteiger charge is -2.08. The first-order valence-electron chi connectivity index (χ1n) is 8.87. The number of benzene rings is 1. The number of aryl methyl sites for hydroxylation is 2. The second-order valence-corrected chi connectivity index (χ2v) is 6.34. The predicted octanol–water partition coefficient (Wildman–Crippen LogP) is 3.05. The van der Waals surface area contributed by atoms with Gasteiger partial charge in [0.05, 0.1) is 18.1 Å². The molecule has 3 aromatic rings. The van der Waals surface area contributed by atoms with Gasteiger partial charge in [0.15, 0.2) is 5.78 Å². The van der Waals surface area contributed by atoms with Gasteiger partial charge >= 0.3 is 0 Å². The summed E-state index contributed by atoms with van der Waals surface area (Å²) >= 11 is 0. The van der Waals surface area contributed by atoms with Crippen molar-refractivity contribution >= 4 is 22.7 Å². The average molecular weight is 368 g/mol. The van der Waals surface area contributed by atoms with Crippen LogP contribution in [0.5, 0.6) is 0 Å². The molecule has 140 valence electrons. The lowest BCUT2D eigenvalue weighted by Crippen LogP contribution is -2.26. The van der Waals surface area contributed by atoms with Crippen molar-refractivity contribution in [1.82, 2.24) is 19.9 Å². The molecule has 0 saturated carbocycles. The first-order valence-corrected chi connectivity index (χ1v) is 8.87. The number of imidazole rings is 1. The molecule has 3 rings (SSSR count). The fourth-order valence-corrected chi connectivity index (χ4v) is 2.95. The van der Waals surface area contributed by atoms with Crippen molar-refractivity contribution in [2.75, 3.05) is 6.54 Å². The Morgan fingerprint density at radius 1 is 1.15 bits per heavy atom. The number of nitrogens with one attached hydrogen (secondary N) is 1. The van der Waals surface area contributed by atoms with Crippen molar-refractivity contribution < 1.29 is 14.0 Å². The van der Waals surface area contributed by atoms with Crippen LogP contribution in [0.15, 0.2) is 42.7 Å². The van der Waals surface area contributed by atoms with E-state index in [1.807, 2.05) is 13.0 Å². The number of carbonyl (C=O) groups is 2. The summed E-state index contributed by atoms with van der Waals surface area (Å²) in [6.07, 6.45) is 4.93. The Hall–Kier alpha value is -3.09. The van der Waals surface area contributed by atoms with Crippen LogP contribution in [-0.2, 0) is 11.3 Å². The van der Waals surface area contributed by atoms with Crippen molar-refractivity contribution in [1.29, 1.82) is 0 Å². The highest BCUT2D eigenvalue weighted by Gasteiger charge is 2.11. The number of hydrogen-bond acceptors (Lipinski definition) is 4. The van der Waals surface area contributed by atoms with Crippen LogP contribution in [-0.4, -0.2) is 32.8 Å². The number of amides is 1. The predicted molar refractivity (Wildman–Crippen MR) is 99.9 cm³/mol. The molecule has 7 heteroatoms. The molecule has 0 fully saturated rings. The van der Waals surface area contributed by atoms with Crippen LogP contribution < -0.4 is 5.32 Å². The first-order chi connectivity index (χ1) is 13.0. The highest BCUT2D eigenvalue weighted by Crippen LogP contribution is 2.15. The Morgan fingerprint density at radius 3 is 2.70 bits per heavy atom. The summed E-state index contributed by atoms with van der Waals surface area (Å²) in [7, 11) is 0. The van der Waals surface area contributed by atoms with E-state index in [0.717, 1.165) is 36.2 Å². The maximum Gasteiger partial charge on any atom is 0.227 e. The molecule has 0 aliphatic rings. The van der Waals surface area contributed by atoms with Crippen LogP contribution in [0.25, 0.3) is 11.0 Å². The van der Waals surface area contributed by atoms with E-state index < -0.39 is 5.82 Å². The van der Waals surface area contributed by atoms with Gasteiger partial charge in [-0.2, -0.15) is 0 Å². The quantitative estimate of drug-likeness (QED) is 0.377. The summed E-state index contributed by atoms with van der Waals surface area (Å²) in [6.45, 7) is 3.27. The smallest absolute Gasteiger partial charge is 0.227 e. The van der Waals surface area contributed by atoms with Gasteiger partial charge in [0.2, 0.25) is 5.91 Å². The Balaban J connectivity index is 1.41. The van der Waals surface area contributed by atoms with Crippen molar-refractivity contribution in [3.05, 3.63) is 59.9 Å². The number of unbranched alkanes of at least 4 members (excludes halogenated alkanes) is 1. The molecule has 2 aromatic heterocycles. The number of ketones is 1. The average Bonchev–Trinajstić information content (AvgIpc) is 2.97. The van der Waals surface area contributed by atoms with E-state index in [1.165, 1.54) is 24.3 Å². The highest BCUT2D eigenvalue weighted by molar-refractivity contribution is 6.07. The molecule has 1 amide bonds. The Kier molecular flexibility index (Phi) is 5.90. The van der Waals surface area contributed by atoms with E-state index in [9.17, 15) is 14.0 Å². The molecular weight excluding hydrogens is 347 g/mol. The monoisotopic (exact) mass is 368 g/mol. The van der Waals surface area contributed by atoms with Crippen LogP contribution in [0.1, 0.15) is 35.4 Å². The van der Waals surface area contributed by atoms with Gasteiger partial charge in [-0.15, -0.1) is 0 Å². The number of aromatic nitrogens is 3. The van der Waals surface area contributed by atoms with E-state index in [0.29, 0.717) is 12.1 Å². The number of carbonyl (C=O) groups excluding carboxylic acids is 2. The summed E-state index contributed by atoms with van der Waals surface area (Å²) in [4.78, 5) is 32.4. The molecule has 0 aliphatic carbocycles. The standard InChI is InChI=1S/C20H21FN4O2/c1-14-24-17-13-22-10-8-18(17)25(14)11-3-2-9-23-20(27)12-19(26)15-4-6-16(21)7-5-15/h4-8,10,13H,2-3,9,11-12H2,1H3,(H,23,27). The Labute approximate surface area is 156 Å². The van der Waals surface area contributed by atoms with Gasteiger partial charge in [-0.05, 0) is 50.1 Å².